The van der Waals surface area contributed by atoms with E-state index in [1.807, 2.05) is 20.8 Å². The molecule has 0 aromatic heterocycles. The van der Waals surface area contributed by atoms with Crippen molar-refractivity contribution in [1.29, 1.82) is 0 Å². The molecule has 4 aliphatic carbocycles. The molecule has 0 amide bonds. The van der Waals surface area contributed by atoms with E-state index in [0.717, 1.165) is 19.3 Å². The molecule has 0 spiro atoms. The predicted octanol–water partition coefficient (Wildman–Crippen LogP) is -0.216. The molecule has 50 heavy (non-hydrogen) atoms. The van der Waals surface area contributed by atoms with Crippen LogP contribution in [-0.4, -0.2) is 105 Å². The van der Waals surface area contributed by atoms with Crippen molar-refractivity contribution in [2.45, 2.75) is 161 Å². The van der Waals surface area contributed by atoms with Gasteiger partial charge in [-0.05, 0) is 117 Å². The molecular formula is C36H61NaO12S. The van der Waals surface area contributed by atoms with Crippen LogP contribution < -0.4 is 29.6 Å². The molecule has 6 N–H and O–H groups in total. The van der Waals surface area contributed by atoms with Crippen molar-refractivity contribution in [2.75, 3.05) is 6.61 Å². The van der Waals surface area contributed by atoms with Gasteiger partial charge in [0.1, 0.15) is 24.4 Å². The van der Waals surface area contributed by atoms with Crippen molar-refractivity contribution in [2.24, 2.45) is 45.3 Å². The molecule has 14 heteroatoms. The maximum Gasteiger partial charge on any atom is 1.00 e. The van der Waals surface area contributed by atoms with E-state index < -0.39 is 82.5 Å². The van der Waals surface area contributed by atoms with E-state index in [1.54, 1.807) is 0 Å². The Kier molecular flexibility index (Phi) is 12.7. The Morgan fingerprint density at radius 2 is 1.60 bits per heavy atom. The van der Waals surface area contributed by atoms with E-state index in [2.05, 4.69) is 44.9 Å². The number of aliphatic hydroxyl groups is 6. The van der Waals surface area contributed by atoms with Crippen molar-refractivity contribution >= 4 is 10.4 Å². The molecule has 5 fully saturated rings. The molecule has 12 nitrogen and oxygen atoms in total. The summed E-state index contributed by atoms with van der Waals surface area (Å²) in [5, 5.41) is 67.8. The molecule has 0 bridgehead atoms. The molecule has 0 aromatic carbocycles. The van der Waals surface area contributed by atoms with Gasteiger partial charge in [0.2, 0.25) is 10.4 Å². The first kappa shape index (κ1) is 43.0. The minimum atomic E-state index is -5.10. The monoisotopic (exact) mass is 740 g/mol. The third kappa shape index (κ3) is 7.34. The van der Waals surface area contributed by atoms with Crippen LogP contribution in [0.25, 0.3) is 0 Å². The summed E-state index contributed by atoms with van der Waals surface area (Å²) in [4.78, 5) is 0. The molecule has 4 unspecified atom stereocenters. The van der Waals surface area contributed by atoms with Crippen molar-refractivity contribution in [3.8, 4) is 0 Å². The molecule has 1 heterocycles. The third-order valence-electron chi connectivity index (χ3n) is 14.6. The van der Waals surface area contributed by atoms with E-state index in [-0.39, 0.29) is 64.1 Å². The summed E-state index contributed by atoms with van der Waals surface area (Å²) < 4.78 is 49.4. The smallest absolute Gasteiger partial charge is 0.726 e. The molecule has 5 rings (SSSR count). The van der Waals surface area contributed by atoms with Crippen molar-refractivity contribution in [3.63, 3.8) is 0 Å². The second kappa shape index (κ2) is 14.7. The number of ether oxygens (including phenoxy) is 2. The number of hydrogen-bond acceptors (Lipinski definition) is 12. The van der Waals surface area contributed by atoms with Gasteiger partial charge in [-0.3, -0.25) is 4.18 Å². The fourth-order valence-corrected chi connectivity index (χ4v) is 12.5. The van der Waals surface area contributed by atoms with E-state index in [4.69, 9.17) is 9.47 Å². The van der Waals surface area contributed by atoms with Gasteiger partial charge in [0.25, 0.3) is 0 Å². The van der Waals surface area contributed by atoms with Gasteiger partial charge in [-0.15, -0.1) is 0 Å². The van der Waals surface area contributed by atoms with Crippen LogP contribution in [0.1, 0.15) is 107 Å². The summed E-state index contributed by atoms with van der Waals surface area (Å²) >= 11 is 0. The molecule has 4 saturated carbocycles. The Morgan fingerprint density at radius 1 is 0.960 bits per heavy atom. The molecule has 0 aromatic rings. The number of aliphatic hydroxyl groups excluding tert-OH is 5. The summed E-state index contributed by atoms with van der Waals surface area (Å²) in [5.74, 6) is -0.355. The van der Waals surface area contributed by atoms with Crippen molar-refractivity contribution in [3.05, 3.63) is 11.6 Å². The van der Waals surface area contributed by atoms with Crippen molar-refractivity contribution in [1.82, 2.24) is 0 Å². The van der Waals surface area contributed by atoms with Crippen LogP contribution in [0.5, 0.6) is 0 Å². The summed E-state index contributed by atoms with van der Waals surface area (Å²) in [6, 6.07) is 0. The van der Waals surface area contributed by atoms with Gasteiger partial charge in [0.05, 0.1) is 30.5 Å². The molecular weight excluding hydrogens is 679 g/mol. The largest absolute Gasteiger partial charge is 1.00 e. The minimum absolute atomic E-state index is 0. The Bertz CT molecular complexity index is 1350. The van der Waals surface area contributed by atoms with Crippen LogP contribution in [0.4, 0.5) is 0 Å². The van der Waals surface area contributed by atoms with Gasteiger partial charge in [0, 0.05) is 0 Å². The molecule has 16 atom stereocenters. The van der Waals surface area contributed by atoms with Gasteiger partial charge in [-0.2, -0.15) is 0 Å². The molecule has 1 aliphatic heterocycles. The van der Waals surface area contributed by atoms with Crippen LogP contribution in [0.15, 0.2) is 11.6 Å². The second-order valence-electron chi connectivity index (χ2n) is 18.0. The van der Waals surface area contributed by atoms with Crippen LogP contribution in [-0.2, 0) is 24.1 Å². The predicted molar refractivity (Wildman–Crippen MR) is 178 cm³/mol. The number of hydrogen-bond donors (Lipinski definition) is 6. The minimum Gasteiger partial charge on any atom is -0.726 e. The summed E-state index contributed by atoms with van der Waals surface area (Å²) in [6.07, 6.45) is -2.47. The van der Waals surface area contributed by atoms with Gasteiger partial charge in [-0.25, -0.2) is 8.42 Å². The van der Waals surface area contributed by atoms with Gasteiger partial charge < -0.3 is 44.7 Å². The summed E-state index contributed by atoms with van der Waals surface area (Å²) in [7, 11) is -5.10. The Hall–Kier alpha value is 0.290. The first-order valence-electron chi connectivity index (χ1n) is 18.1. The Morgan fingerprint density at radius 3 is 2.20 bits per heavy atom. The van der Waals surface area contributed by atoms with Crippen LogP contribution in [0, 0.1) is 45.3 Å². The number of rotatable bonds is 9. The molecule has 284 valence electrons. The van der Waals surface area contributed by atoms with E-state index in [1.165, 1.54) is 5.57 Å². The maximum absolute atomic E-state index is 12.2. The topological polar surface area (TPSA) is 206 Å². The Balaban J connectivity index is 0.00000562. The fraction of sp³-hybridized carbons (Fsp3) is 0.944. The molecule has 1 saturated heterocycles. The first-order chi connectivity index (χ1) is 22.4. The average Bonchev–Trinajstić information content (AvgIpc) is 3.35. The maximum atomic E-state index is 12.2. The summed E-state index contributed by atoms with van der Waals surface area (Å²) in [5.41, 5.74) is -1.41. The zero-order valence-electron chi connectivity index (χ0n) is 31.4. The second-order valence-corrected chi connectivity index (χ2v) is 19.0. The van der Waals surface area contributed by atoms with E-state index in [9.17, 15) is 43.6 Å². The SMILES string of the molecule is CC(C)=CCC[C@](C)(O)C1CC[C@]2(C)C1[C@H](O)CC1[C@@]3(C)CC[C@H](O[C@@H]4O[C@H](COS(=O)(=O)[O-])[C@@H](O)[C@H](O)[C@H]4O)C(C)(C)C3[C@@H](O)C[C@]12C.[Na+]. The zero-order valence-corrected chi connectivity index (χ0v) is 34.2. The van der Waals surface area contributed by atoms with Crippen LogP contribution >= 0.6 is 0 Å². The Labute approximate surface area is 320 Å². The zero-order chi connectivity index (χ0) is 36.7. The third-order valence-corrected chi connectivity index (χ3v) is 15.0. The number of allylic oxidation sites excluding steroid dienone is 2. The van der Waals surface area contributed by atoms with Gasteiger partial charge >= 0.3 is 29.6 Å². The first-order valence-corrected chi connectivity index (χ1v) is 19.4. The molecule has 0 radical (unpaired) electrons. The van der Waals surface area contributed by atoms with Crippen LogP contribution in [0.3, 0.4) is 0 Å². The van der Waals surface area contributed by atoms with Crippen LogP contribution in [0.2, 0.25) is 0 Å². The normalized spacial score (nSPS) is 48.3. The van der Waals surface area contributed by atoms with E-state index in [0.29, 0.717) is 32.1 Å². The fourth-order valence-electron chi connectivity index (χ4n) is 12.2. The quantitative estimate of drug-likeness (QED) is 0.0597. The standard InChI is InChI=1S/C36H62O12S.Na/c1-19(2)10-9-13-36(8,42)20-11-15-34(6)26(20)21(37)16-24-33(5)14-12-25(32(3,4)30(33)22(38)17-35(24,34)7)48-31-29(41)28(40)27(39)23(47-31)18-46-49(43,44)45;/h10,20-31,37-42H,9,11-18H2,1-8H3,(H,43,44,45);/q;+1/p-1/t20?,21-,22+,23-,24?,25+,26?,27-,28+,29-,30?,31+,33-,34-,35-,36+;/m1./s1. The van der Waals surface area contributed by atoms with Crippen molar-refractivity contribution < 1.29 is 86.8 Å². The van der Waals surface area contributed by atoms with Gasteiger partial charge in [0.15, 0.2) is 6.29 Å². The summed E-state index contributed by atoms with van der Waals surface area (Å²) in [6.45, 7) is 16.0. The average molecular weight is 741 g/mol. The number of fused-ring (bicyclic) bond motifs is 5. The van der Waals surface area contributed by atoms with Gasteiger partial charge in [-0.1, -0.05) is 46.3 Å². The molecule has 5 aliphatic rings. The van der Waals surface area contributed by atoms with E-state index >= 15 is 0 Å².